The van der Waals surface area contributed by atoms with Crippen LogP contribution in [0.25, 0.3) is 0 Å². The maximum Gasteiger partial charge on any atom is 0.0793 e. The average molecular weight is 269 g/mol. The molecule has 18 heavy (non-hydrogen) atoms. The van der Waals surface area contributed by atoms with E-state index in [1.54, 1.807) is 0 Å². The van der Waals surface area contributed by atoms with Crippen LogP contribution >= 0.6 is 11.6 Å². The van der Waals surface area contributed by atoms with E-state index in [0.29, 0.717) is 6.54 Å². The van der Waals surface area contributed by atoms with Gasteiger partial charge < -0.3 is 15.7 Å². The van der Waals surface area contributed by atoms with E-state index in [-0.39, 0.29) is 0 Å². The minimum atomic E-state index is -0.628. The van der Waals surface area contributed by atoms with Crippen LogP contribution in [0.15, 0.2) is 24.3 Å². The Morgan fingerprint density at radius 1 is 1.22 bits per heavy atom. The van der Waals surface area contributed by atoms with Crippen molar-refractivity contribution in [2.75, 3.05) is 26.2 Å². The minimum absolute atomic E-state index is 0.373. The highest BCUT2D eigenvalue weighted by Gasteiger charge is 2.30. The van der Waals surface area contributed by atoms with Crippen molar-refractivity contribution < 1.29 is 5.11 Å². The van der Waals surface area contributed by atoms with Gasteiger partial charge in [0.25, 0.3) is 0 Å². The van der Waals surface area contributed by atoms with Crippen molar-refractivity contribution in [2.24, 2.45) is 5.73 Å². The molecule has 1 heterocycles. The number of nitrogens with zero attached hydrogens (tertiary/aromatic N) is 1. The van der Waals surface area contributed by atoms with Crippen molar-refractivity contribution in [1.29, 1.82) is 0 Å². The number of hydrogen-bond acceptors (Lipinski definition) is 3. The lowest BCUT2D eigenvalue weighted by atomic mass is 9.91. The van der Waals surface area contributed by atoms with Gasteiger partial charge in [-0.25, -0.2) is 0 Å². The highest BCUT2D eigenvalue weighted by molar-refractivity contribution is 6.30. The lowest BCUT2D eigenvalue weighted by Crippen LogP contribution is -2.49. The summed E-state index contributed by atoms with van der Waals surface area (Å²) >= 11 is 5.86. The van der Waals surface area contributed by atoms with Crippen LogP contribution in [0.3, 0.4) is 0 Å². The lowest BCUT2D eigenvalue weighted by molar-refractivity contribution is -0.0130. The van der Waals surface area contributed by atoms with Gasteiger partial charge in [0.1, 0.15) is 0 Å². The van der Waals surface area contributed by atoms with E-state index < -0.39 is 5.60 Å². The van der Waals surface area contributed by atoms with Gasteiger partial charge in [-0.2, -0.15) is 0 Å². The first-order valence-electron chi connectivity index (χ1n) is 6.51. The van der Waals surface area contributed by atoms with Gasteiger partial charge in [-0.05, 0) is 37.0 Å². The predicted molar refractivity (Wildman–Crippen MR) is 74.8 cm³/mol. The smallest absolute Gasteiger partial charge is 0.0793 e. The second-order valence-corrected chi connectivity index (χ2v) is 5.58. The Morgan fingerprint density at radius 3 is 2.39 bits per heavy atom. The summed E-state index contributed by atoms with van der Waals surface area (Å²) in [7, 11) is 0. The summed E-state index contributed by atoms with van der Waals surface area (Å²) in [4.78, 5) is 2.39. The van der Waals surface area contributed by atoms with E-state index >= 15 is 0 Å². The first-order chi connectivity index (χ1) is 8.61. The van der Waals surface area contributed by atoms with Crippen LogP contribution < -0.4 is 5.73 Å². The molecule has 100 valence electrons. The third-order valence-electron chi connectivity index (χ3n) is 3.80. The standard InChI is InChI=1S/C14H21ClN2O/c15-13-3-1-12(2-4-13)5-8-17-9-6-14(18,11-16)7-10-17/h1-4,18H,5-11,16H2. The molecule has 4 heteroatoms. The number of benzene rings is 1. The van der Waals surface area contributed by atoms with Crippen molar-refractivity contribution in [2.45, 2.75) is 24.9 Å². The molecule has 1 aliphatic heterocycles. The van der Waals surface area contributed by atoms with Gasteiger partial charge in [0.15, 0.2) is 0 Å². The molecule has 2 rings (SSSR count). The van der Waals surface area contributed by atoms with Gasteiger partial charge >= 0.3 is 0 Å². The molecular weight excluding hydrogens is 248 g/mol. The van der Waals surface area contributed by atoms with Crippen molar-refractivity contribution in [3.63, 3.8) is 0 Å². The van der Waals surface area contributed by atoms with E-state index in [1.807, 2.05) is 12.1 Å². The van der Waals surface area contributed by atoms with Crippen LogP contribution in [0.1, 0.15) is 18.4 Å². The molecule has 0 unspecified atom stereocenters. The monoisotopic (exact) mass is 268 g/mol. The zero-order valence-electron chi connectivity index (χ0n) is 10.6. The zero-order valence-corrected chi connectivity index (χ0v) is 11.4. The van der Waals surface area contributed by atoms with E-state index in [2.05, 4.69) is 17.0 Å². The fraction of sp³-hybridized carbons (Fsp3) is 0.571. The quantitative estimate of drug-likeness (QED) is 0.873. The molecule has 1 aromatic carbocycles. The van der Waals surface area contributed by atoms with Crippen LogP contribution in [0.5, 0.6) is 0 Å². The van der Waals surface area contributed by atoms with Gasteiger partial charge in [-0.1, -0.05) is 23.7 Å². The Kier molecular flexibility index (Phi) is 4.62. The summed E-state index contributed by atoms with van der Waals surface area (Å²) in [6.45, 7) is 3.27. The number of halogens is 1. The number of hydrogen-bond donors (Lipinski definition) is 2. The zero-order chi connectivity index (χ0) is 13.0. The fourth-order valence-corrected chi connectivity index (χ4v) is 2.46. The second-order valence-electron chi connectivity index (χ2n) is 5.15. The fourth-order valence-electron chi connectivity index (χ4n) is 2.34. The average Bonchev–Trinajstić information content (AvgIpc) is 2.40. The number of piperidine rings is 1. The Labute approximate surface area is 114 Å². The summed E-state index contributed by atoms with van der Waals surface area (Å²) in [5.41, 5.74) is 6.26. The third kappa shape index (κ3) is 3.69. The molecule has 0 amide bonds. The van der Waals surface area contributed by atoms with Gasteiger partial charge in [-0.3, -0.25) is 0 Å². The van der Waals surface area contributed by atoms with Gasteiger partial charge in [0, 0.05) is 31.2 Å². The number of likely N-dealkylation sites (tertiary alicyclic amines) is 1. The normalized spacial score (nSPS) is 19.9. The molecule has 1 aliphatic rings. The maximum absolute atomic E-state index is 10.0. The Bertz CT molecular complexity index is 372. The Balaban J connectivity index is 1.77. The molecule has 3 N–H and O–H groups in total. The highest BCUT2D eigenvalue weighted by atomic mass is 35.5. The molecule has 0 aromatic heterocycles. The van der Waals surface area contributed by atoms with Crippen molar-refractivity contribution >= 4 is 11.6 Å². The van der Waals surface area contributed by atoms with Crippen LogP contribution in [0, 0.1) is 0 Å². The van der Waals surface area contributed by atoms with Crippen LogP contribution in [0.2, 0.25) is 5.02 Å². The molecule has 3 nitrogen and oxygen atoms in total. The lowest BCUT2D eigenvalue weighted by Gasteiger charge is -2.37. The molecule has 0 atom stereocenters. The molecule has 1 saturated heterocycles. The molecule has 1 aromatic rings. The van der Waals surface area contributed by atoms with Crippen LogP contribution in [-0.2, 0) is 6.42 Å². The molecule has 0 aliphatic carbocycles. The summed E-state index contributed by atoms with van der Waals surface area (Å²) < 4.78 is 0. The first kappa shape index (κ1) is 13.8. The SMILES string of the molecule is NCC1(O)CCN(CCc2ccc(Cl)cc2)CC1. The number of nitrogens with two attached hydrogens (primary N) is 1. The van der Waals surface area contributed by atoms with E-state index in [0.717, 1.165) is 43.9 Å². The largest absolute Gasteiger partial charge is 0.388 e. The van der Waals surface area contributed by atoms with E-state index in [9.17, 15) is 5.11 Å². The van der Waals surface area contributed by atoms with Gasteiger partial charge in [0.05, 0.1) is 5.60 Å². The summed E-state index contributed by atoms with van der Waals surface area (Å²) in [5, 5.41) is 10.8. The predicted octanol–water partition coefficient (Wildman–Crippen LogP) is 1.67. The van der Waals surface area contributed by atoms with Crippen molar-refractivity contribution in [1.82, 2.24) is 4.90 Å². The molecule has 0 bridgehead atoms. The van der Waals surface area contributed by atoms with Crippen molar-refractivity contribution in [3.8, 4) is 0 Å². The number of rotatable bonds is 4. The van der Waals surface area contributed by atoms with Crippen molar-refractivity contribution in [3.05, 3.63) is 34.9 Å². The molecule has 0 spiro atoms. The topological polar surface area (TPSA) is 49.5 Å². The molecule has 0 radical (unpaired) electrons. The van der Waals surface area contributed by atoms with Crippen LogP contribution in [0.4, 0.5) is 0 Å². The Morgan fingerprint density at radius 2 is 1.83 bits per heavy atom. The third-order valence-corrected chi connectivity index (χ3v) is 4.05. The van der Waals surface area contributed by atoms with Gasteiger partial charge in [0.2, 0.25) is 0 Å². The van der Waals surface area contributed by atoms with E-state index in [1.165, 1.54) is 5.56 Å². The summed E-state index contributed by atoms with van der Waals surface area (Å²) in [6, 6.07) is 8.01. The molecular formula is C14H21ClN2O. The minimum Gasteiger partial charge on any atom is -0.388 e. The highest BCUT2D eigenvalue weighted by Crippen LogP contribution is 2.21. The van der Waals surface area contributed by atoms with E-state index in [4.69, 9.17) is 17.3 Å². The maximum atomic E-state index is 10.0. The molecule has 0 saturated carbocycles. The number of aliphatic hydroxyl groups is 1. The second kappa shape index (κ2) is 6.02. The van der Waals surface area contributed by atoms with Crippen LogP contribution in [-0.4, -0.2) is 41.8 Å². The molecule has 1 fully saturated rings. The summed E-state index contributed by atoms with van der Waals surface area (Å²) in [5.74, 6) is 0. The summed E-state index contributed by atoms with van der Waals surface area (Å²) in [6.07, 6.45) is 2.59. The van der Waals surface area contributed by atoms with Gasteiger partial charge in [-0.15, -0.1) is 0 Å². The first-order valence-corrected chi connectivity index (χ1v) is 6.88. The Hall–Kier alpha value is -0.610.